The number of hydrogen-bond donors (Lipinski definition) is 3. The molecule has 15 nitrogen and oxygen atoms in total. The number of rotatable bonds is 21. The minimum atomic E-state index is -4.79. The highest BCUT2D eigenvalue weighted by Crippen LogP contribution is 2.27. The minimum Gasteiger partial charge on any atom is -0.474 e. The van der Waals surface area contributed by atoms with Crippen LogP contribution in [0.15, 0.2) is 49.1 Å². The van der Waals surface area contributed by atoms with Crippen molar-refractivity contribution in [1.29, 1.82) is 0 Å². The fourth-order valence-corrected chi connectivity index (χ4v) is 5.37. The maximum Gasteiger partial charge on any atom is 0.573 e. The molecule has 2 aromatic heterocycles. The summed E-state index contributed by atoms with van der Waals surface area (Å²) in [7, 11) is 0. The van der Waals surface area contributed by atoms with Crippen LogP contribution in [0.25, 0.3) is 11.3 Å². The maximum atomic E-state index is 12.8. The molecule has 0 aliphatic carbocycles. The van der Waals surface area contributed by atoms with Crippen molar-refractivity contribution in [3.05, 3.63) is 60.2 Å². The molecule has 1 fully saturated rings. The first-order valence-corrected chi connectivity index (χ1v) is 17.2. The molecule has 53 heavy (non-hydrogen) atoms. The molecular weight excluding hydrogens is 703 g/mol. The van der Waals surface area contributed by atoms with Crippen molar-refractivity contribution >= 4 is 23.6 Å². The summed E-state index contributed by atoms with van der Waals surface area (Å²) >= 11 is 0. The van der Waals surface area contributed by atoms with Gasteiger partial charge in [0.15, 0.2) is 0 Å². The van der Waals surface area contributed by atoms with Gasteiger partial charge >= 0.3 is 6.36 Å². The lowest BCUT2D eigenvalue weighted by atomic mass is 10.1. The average molecular weight is 748 g/mol. The Bertz CT molecular complexity index is 1660. The number of carbonyl (C=O) groups excluding carboxylic acids is 4. The van der Waals surface area contributed by atoms with E-state index in [1.165, 1.54) is 24.3 Å². The molecule has 1 saturated heterocycles. The zero-order valence-corrected chi connectivity index (χ0v) is 29.1. The molecule has 0 spiro atoms. The zero-order chi connectivity index (χ0) is 38.2. The van der Waals surface area contributed by atoms with Crippen LogP contribution >= 0.6 is 0 Å². The third-order valence-electron chi connectivity index (χ3n) is 8.13. The number of piperidine rings is 1. The lowest BCUT2D eigenvalue weighted by Crippen LogP contribution is -2.42. The number of likely N-dealkylation sites (tertiary alicyclic amines) is 1. The van der Waals surface area contributed by atoms with Gasteiger partial charge in [-0.15, -0.1) is 13.2 Å². The molecule has 18 heteroatoms. The Kier molecular flexibility index (Phi) is 15.4. The van der Waals surface area contributed by atoms with Crippen LogP contribution in [-0.2, 0) is 36.8 Å². The van der Waals surface area contributed by atoms with Crippen LogP contribution in [0.3, 0.4) is 0 Å². The summed E-state index contributed by atoms with van der Waals surface area (Å²) in [6.45, 7) is 3.10. The second kappa shape index (κ2) is 20.1. The largest absolute Gasteiger partial charge is 0.573 e. The number of aryl methyl sites for hydroxylation is 1. The first-order chi connectivity index (χ1) is 25.4. The van der Waals surface area contributed by atoms with Gasteiger partial charge in [-0.05, 0) is 36.6 Å². The lowest BCUT2D eigenvalue weighted by Gasteiger charge is -2.32. The second-order valence-corrected chi connectivity index (χ2v) is 12.3. The average Bonchev–Trinajstić information content (AvgIpc) is 3.58. The summed E-state index contributed by atoms with van der Waals surface area (Å²) in [6.07, 6.45) is 2.84. The Morgan fingerprint density at radius 3 is 2.28 bits per heavy atom. The number of amides is 4. The van der Waals surface area contributed by atoms with E-state index in [4.69, 9.17) is 25.7 Å². The third-order valence-corrected chi connectivity index (χ3v) is 8.13. The Morgan fingerprint density at radius 2 is 1.62 bits per heavy atom. The minimum absolute atomic E-state index is 0.0265. The van der Waals surface area contributed by atoms with Crippen molar-refractivity contribution in [2.24, 2.45) is 11.5 Å². The SMILES string of the molecule is NC(=O)CCOCCOCCC(=O)NCCCCn1cnc(-c2cnc(OC3CCN(C(=O)Cc4ccc(OC(F)(F)F)cc4)CC3)c(C(N)=O)c2)c1. The summed E-state index contributed by atoms with van der Waals surface area (Å²) < 4.78 is 59.6. The van der Waals surface area contributed by atoms with Gasteiger partial charge < -0.3 is 45.2 Å². The summed E-state index contributed by atoms with van der Waals surface area (Å²) in [6, 6.07) is 6.76. The molecule has 0 saturated carbocycles. The number of unbranched alkanes of at least 4 members (excludes halogenated alkanes) is 1. The molecule has 4 rings (SSSR count). The summed E-state index contributed by atoms with van der Waals surface area (Å²) in [5.41, 5.74) is 12.5. The highest BCUT2D eigenvalue weighted by molar-refractivity contribution is 5.96. The van der Waals surface area contributed by atoms with Crippen LogP contribution in [0.2, 0.25) is 0 Å². The second-order valence-electron chi connectivity index (χ2n) is 12.3. The summed E-state index contributed by atoms with van der Waals surface area (Å²) in [5.74, 6) is -1.69. The molecule has 3 heterocycles. The topological polar surface area (TPSA) is 203 Å². The molecule has 0 unspecified atom stereocenters. The molecule has 4 amide bonds. The van der Waals surface area contributed by atoms with E-state index in [9.17, 15) is 32.3 Å². The van der Waals surface area contributed by atoms with E-state index >= 15 is 0 Å². The Labute approximate surface area is 304 Å². The van der Waals surface area contributed by atoms with E-state index < -0.39 is 18.2 Å². The van der Waals surface area contributed by atoms with Crippen LogP contribution in [0.1, 0.15) is 54.4 Å². The number of nitrogens with one attached hydrogen (secondary N) is 1. The van der Waals surface area contributed by atoms with Gasteiger partial charge in [0.1, 0.15) is 17.4 Å². The molecule has 0 bridgehead atoms. The number of aromatic nitrogens is 3. The molecule has 1 aliphatic heterocycles. The maximum absolute atomic E-state index is 12.8. The number of nitrogens with zero attached hydrogens (tertiary/aromatic N) is 4. The van der Waals surface area contributed by atoms with Crippen molar-refractivity contribution in [3.63, 3.8) is 0 Å². The molecule has 0 radical (unpaired) electrons. The summed E-state index contributed by atoms with van der Waals surface area (Å²) in [5, 5.41) is 2.86. The van der Waals surface area contributed by atoms with E-state index in [1.807, 2.05) is 10.8 Å². The van der Waals surface area contributed by atoms with Gasteiger partial charge in [-0.3, -0.25) is 19.2 Å². The Morgan fingerprint density at radius 1 is 0.925 bits per heavy atom. The predicted molar refractivity (Wildman–Crippen MR) is 183 cm³/mol. The van der Waals surface area contributed by atoms with Crippen LogP contribution in [0.5, 0.6) is 11.6 Å². The van der Waals surface area contributed by atoms with Gasteiger partial charge in [0.25, 0.3) is 5.91 Å². The van der Waals surface area contributed by atoms with E-state index in [2.05, 4.69) is 20.0 Å². The Balaban J connectivity index is 1.15. The normalized spacial score (nSPS) is 13.5. The van der Waals surface area contributed by atoms with Gasteiger partial charge in [-0.2, -0.15) is 0 Å². The molecule has 3 aromatic rings. The number of primary amides is 2. The standard InChI is InChI=1S/C35H44F3N7O8/c36-35(37,38)53-27-5-3-24(4-6-27)19-32(48)45-13-7-26(8-14-45)52-34-28(33(40)49)20-25(21-42-34)29-22-44(23-43-29)12-2-1-11-41-31(47)10-16-51-18-17-50-15-9-30(39)46/h3-6,20-23,26H,1-2,7-19H2,(H2,39,46)(H2,40,49)(H,41,47). The van der Waals surface area contributed by atoms with Gasteiger partial charge in [0.05, 0.1) is 44.9 Å². The van der Waals surface area contributed by atoms with Crippen molar-refractivity contribution in [3.8, 4) is 22.9 Å². The highest BCUT2D eigenvalue weighted by atomic mass is 19.4. The van der Waals surface area contributed by atoms with Gasteiger partial charge in [-0.1, -0.05) is 12.1 Å². The monoisotopic (exact) mass is 747 g/mol. The van der Waals surface area contributed by atoms with E-state index in [0.717, 1.165) is 12.8 Å². The van der Waals surface area contributed by atoms with E-state index in [0.29, 0.717) is 69.1 Å². The quantitative estimate of drug-likeness (QED) is 0.136. The number of alkyl halides is 3. The Hall–Kier alpha value is -5.23. The molecule has 1 aliphatic rings. The fraction of sp³-hybridized carbons (Fsp3) is 0.486. The van der Waals surface area contributed by atoms with Crippen LogP contribution < -0.4 is 26.3 Å². The van der Waals surface area contributed by atoms with Crippen LogP contribution in [0, 0.1) is 0 Å². The van der Waals surface area contributed by atoms with Gasteiger partial charge in [0.2, 0.25) is 23.6 Å². The van der Waals surface area contributed by atoms with Crippen LogP contribution in [0.4, 0.5) is 13.2 Å². The number of benzene rings is 1. The van der Waals surface area contributed by atoms with Crippen molar-refractivity contribution < 1.29 is 51.3 Å². The molecular formula is C35H44F3N7O8. The highest BCUT2D eigenvalue weighted by Gasteiger charge is 2.31. The predicted octanol–water partition coefficient (Wildman–Crippen LogP) is 2.75. The van der Waals surface area contributed by atoms with E-state index in [-0.39, 0.29) is 67.6 Å². The molecule has 0 atom stereocenters. The number of ether oxygens (including phenoxy) is 4. The third kappa shape index (κ3) is 14.4. The molecule has 5 N–H and O–H groups in total. The number of halogens is 3. The molecule has 288 valence electrons. The van der Waals surface area contributed by atoms with Crippen molar-refractivity contribution in [1.82, 2.24) is 24.8 Å². The summed E-state index contributed by atoms with van der Waals surface area (Å²) in [4.78, 5) is 58.3. The van der Waals surface area contributed by atoms with Gasteiger partial charge in [0, 0.05) is 69.8 Å². The fourth-order valence-electron chi connectivity index (χ4n) is 5.37. The number of imidazole rings is 1. The molecule has 1 aromatic carbocycles. The van der Waals surface area contributed by atoms with E-state index in [1.54, 1.807) is 23.5 Å². The van der Waals surface area contributed by atoms with Gasteiger partial charge in [-0.25, -0.2) is 9.97 Å². The number of nitrogens with two attached hydrogens (primary N) is 2. The first-order valence-electron chi connectivity index (χ1n) is 17.2. The zero-order valence-electron chi connectivity index (χ0n) is 29.1. The number of carbonyl (C=O) groups is 4. The smallest absolute Gasteiger partial charge is 0.474 e. The number of hydrogen-bond acceptors (Lipinski definition) is 10. The van der Waals surface area contributed by atoms with Crippen LogP contribution in [-0.4, -0.2) is 102 Å². The number of pyridine rings is 1. The van der Waals surface area contributed by atoms with Crippen molar-refractivity contribution in [2.45, 2.75) is 64.0 Å². The first kappa shape index (κ1) is 40.5. The lowest BCUT2D eigenvalue weighted by molar-refractivity contribution is -0.274. The van der Waals surface area contributed by atoms with Crippen molar-refractivity contribution in [2.75, 3.05) is 46.1 Å².